The molecule has 3 N–H and O–H groups in total. The van der Waals surface area contributed by atoms with Crippen LogP contribution in [0.15, 0.2) is 28.7 Å². The van der Waals surface area contributed by atoms with Gasteiger partial charge in [0.25, 0.3) is 0 Å². The van der Waals surface area contributed by atoms with Crippen LogP contribution in [-0.4, -0.2) is 19.6 Å². The summed E-state index contributed by atoms with van der Waals surface area (Å²) < 4.78 is 1.14. The number of hydrogen-bond donors (Lipinski definition) is 2. The Kier molecular flexibility index (Phi) is 6.03. The van der Waals surface area contributed by atoms with Crippen molar-refractivity contribution in [1.29, 1.82) is 0 Å². The van der Waals surface area contributed by atoms with Crippen molar-refractivity contribution in [2.24, 2.45) is 11.1 Å². The molecule has 0 fully saturated rings. The number of halogens is 1. The van der Waals surface area contributed by atoms with E-state index in [-0.39, 0.29) is 10.8 Å². The highest BCUT2D eigenvalue weighted by Crippen LogP contribution is 2.25. The fourth-order valence-electron chi connectivity index (χ4n) is 2.20. The molecule has 0 amide bonds. The molecular weight excluding hydrogens is 300 g/mol. The standard InChI is InChI=1S/C16H27BrN2/c1-15(2,8-9-18)11-19-12-16(3,4)13-6-5-7-14(17)10-13/h5-7,10,19H,8-9,11-12,18H2,1-4H3. The second-order valence-electron chi connectivity index (χ2n) is 6.70. The zero-order valence-electron chi connectivity index (χ0n) is 12.6. The Morgan fingerprint density at radius 2 is 1.84 bits per heavy atom. The van der Waals surface area contributed by atoms with Gasteiger partial charge in [-0.2, -0.15) is 0 Å². The van der Waals surface area contributed by atoms with Crippen molar-refractivity contribution in [3.8, 4) is 0 Å². The summed E-state index contributed by atoms with van der Waals surface area (Å²) in [5, 5.41) is 3.60. The Balaban J connectivity index is 2.56. The molecule has 0 aliphatic rings. The lowest BCUT2D eigenvalue weighted by molar-refractivity contribution is 0.305. The Morgan fingerprint density at radius 3 is 2.42 bits per heavy atom. The van der Waals surface area contributed by atoms with Gasteiger partial charge in [0.1, 0.15) is 0 Å². The highest BCUT2D eigenvalue weighted by molar-refractivity contribution is 9.10. The van der Waals surface area contributed by atoms with Crippen LogP contribution in [0, 0.1) is 5.41 Å². The zero-order valence-corrected chi connectivity index (χ0v) is 14.2. The average molecular weight is 327 g/mol. The maximum absolute atomic E-state index is 5.65. The lowest BCUT2D eigenvalue weighted by atomic mass is 9.83. The van der Waals surface area contributed by atoms with Gasteiger partial charge in [0.15, 0.2) is 0 Å². The number of benzene rings is 1. The lowest BCUT2D eigenvalue weighted by Gasteiger charge is -2.30. The highest BCUT2D eigenvalue weighted by Gasteiger charge is 2.22. The summed E-state index contributed by atoms with van der Waals surface area (Å²) in [5.41, 5.74) is 7.39. The van der Waals surface area contributed by atoms with Gasteiger partial charge in [-0.3, -0.25) is 0 Å². The van der Waals surface area contributed by atoms with Gasteiger partial charge in [0.2, 0.25) is 0 Å². The molecule has 1 rings (SSSR count). The summed E-state index contributed by atoms with van der Waals surface area (Å²) in [6.45, 7) is 11.8. The number of nitrogens with one attached hydrogen (secondary N) is 1. The van der Waals surface area contributed by atoms with Crippen molar-refractivity contribution < 1.29 is 0 Å². The second kappa shape index (κ2) is 6.87. The molecule has 108 valence electrons. The van der Waals surface area contributed by atoms with Crippen molar-refractivity contribution in [3.05, 3.63) is 34.3 Å². The maximum Gasteiger partial charge on any atom is 0.0178 e. The summed E-state index contributed by atoms with van der Waals surface area (Å²) in [5.74, 6) is 0. The number of nitrogens with two attached hydrogens (primary N) is 1. The fourth-order valence-corrected chi connectivity index (χ4v) is 2.60. The lowest BCUT2D eigenvalue weighted by Crippen LogP contribution is -2.38. The summed E-state index contributed by atoms with van der Waals surface area (Å²) in [4.78, 5) is 0. The molecule has 0 heterocycles. The Hall–Kier alpha value is -0.380. The van der Waals surface area contributed by atoms with Gasteiger partial charge in [0.05, 0.1) is 0 Å². The van der Waals surface area contributed by atoms with Gasteiger partial charge in [-0.25, -0.2) is 0 Å². The molecule has 0 aromatic heterocycles. The van der Waals surface area contributed by atoms with Crippen LogP contribution in [0.25, 0.3) is 0 Å². The van der Waals surface area contributed by atoms with E-state index in [4.69, 9.17) is 5.73 Å². The van der Waals surface area contributed by atoms with Crippen molar-refractivity contribution in [2.75, 3.05) is 19.6 Å². The first-order valence-corrected chi connectivity index (χ1v) is 7.73. The van der Waals surface area contributed by atoms with Crippen LogP contribution < -0.4 is 11.1 Å². The smallest absolute Gasteiger partial charge is 0.0178 e. The first-order valence-electron chi connectivity index (χ1n) is 6.94. The molecule has 0 spiro atoms. The van der Waals surface area contributed by atoms with E-state index in [9.17, 15) is 0 Å². The number of hydrogen-bond acceptors (Lipinski definition) is 2. The Bertz CT molecular complexity index is 399. The van der Waals surface area contributed by atoms with Crippen LogP contribution in [0.2, 0.25) is 0 Å². The van der Waals surface area contributed by atoms with E-state index < -0.39 is 0 Å². The predicted molar refractivity (Wildman–Crippen MR) is 87.5 cm³/mol. The van der Waals surface area contributed by atoms with Gasteiger partial charge in [0, 0.05) is 23.0 Å². The molecule has 19 heavy (non-hydrogen) atoms. The summed E-state index contributed by atoms with van der Waals surface area (Å²) in [6.07, 6.45) is 1.05. The van der Waals surface area contributed by atoms with Gasteiger partial charge in [-0.1, -0.05) is 55.8 Å². The fraction of sp³-hybridized carbons (Fsp3) is 0.625. The molecule has 2 nitrogen and oxygen atoms in total. The van der Waals surface area contributed by atoms with E-state index in [1.54, 1.807) is 0 Å². The molecule has 0 aliphatic heterocycles. The van der Waals surface area contributed by atoms with Crippen LogP contribution in [0.5, 0.6) is 0 Å². The second-order valence-corrected chi connectivity index (χ2v) is 7.62. The van der Waals surface area contributed by atoms with Crippen LogP contribution in [0.3, 0.4) is 0 Å². The monoisotopic (exact) mass is 326 g/mol. The third-order valence-electron chi connectivity index (χ3n) is 3.60. The van der Waals surface area contributed by atoms with E-state index in [0.717, 1.165) is 30.5 Å². The van der Waals surface area contributed by atoms with Crippen LogP contribution in [0.1, 0.15) is 39.7 Å². The van der Waals surface area contributed by atoms with E-state index in [1.807, 2.05) is 0 Å². The van der Waals surface area contributed by atoms with Gasteiger partial charge in [-0.15, -0.1) is 0 Å². The molecule has 1 aromatic rings. The molecule has 0 saturated heterocycles. The molecular formula is C16H27BrN2. The van der Waals surface area contributed by atoms with Crippen LogP contribution >= 0.6 is 15.9 Å². The third kappa shape index (κ3) is 5.64. The molecule has 0 radical (unpaired) electrons. The molecule has 0 saturated carbocycles. The maximum atomic E-state index is 5.65. The minimum atomic E-state index is 0.128. The van der Waals surface area contributed by atoms with E-state index in [2.05, 4.69) is 73.2 Å². The van der Waals surface area contributed by atoms with Gasteiger partial charge < -0.3 is 11.1 Å². The van der Waals surface area contributed by atoms with Crippen molar-refractivity contribution in [2.45, 2.75) is 39.5 Å². The summed E-state index contributed by atoms with van der Waals surface area (Å²) in [6, 6.07) is 8.56. The predicted octanol–water partition coefficient (Wildman–Crippen LogP) is 3.69. The Morgan fingerprint density at radius 1 is 1.16 bits per heavy atom. The number of rotatable bonds is 7. The van der Waals surface area contributed by atoms with Gasteiger partial charge in [-0.05, 0) is 36.1 Å². The molecule has 0 aliphatic carbocycles. The zero-order chi connectivity index (χ0) is 14.5. The first-order chi connectivity index (χ1) is 8.77. The van der Waals surface area contributed by atoms with Crippen molar-refractivity contribution in [3.63, 3.8) is 0 Å². The quantitative estimate of drug-likeness (QED) is 0.801. The average Bonchev–Trinajstić information content (AvgIpc) is 2.28. The first kappa shape index (κ1) is 16.7. The molecule has 0 bridgehead atoms. The molecule has 0 atom stereocenters. The van der Waals surface area contributed by atoms with E-state index in [0.29, 0.717) is 0 Å². The normalized spacial score (nSPS) is 12.7. The van der Waals surface area contributed by atoms with Gasteiger partial charge >= 0.3 is 0 Å². The highest BCUT2D eigenvalue weighted by atomic mass is 79.9. The topological polar surface area (TPSA) is 38.0 Å². The summed E-state index contributed by atoms with van der Waals surface area (Å²) in [7, 11) is 0. The molecule has 1 aromatic carbocycles. The molecule has 3 heteroatoms. The van der Waals surface area contributed by atoms with Crippen molar-refractivity contribution >= 4 is 15.9 Å². The van der Waals surface area contributed by atoms with Crippen molar-refractivity contribution in [1.82, 2.24) is 5.32 Å². The third-order valence-corrected chi connectivity index (χ3v) is 4.09. The largest absolute Gasteiger partial charge is 0.330 e. The van der Waals surface area contributed by atoms with E-state index in [1.165, 1.54) is 5.56 Å². The van der Waals surface area contributed by atoms with Crippen LogP contribution in [-0.2, 0) is 5.41 Å². The minimum absolute atomic E-state index is 0.128. The Labute approximate surface area is 126 Å². The SMILES string of the molecule is CC(C)(CCN)CNCC(C)(C)c1cccc(Br)c1. The summed E-state index contributed by atoms with van der Waals surface area (Å²) >= 11 is 3.54. The minimum Gasteiger partial charge on any atom is -0.330 e. The van der Waals surface area contributed by atoms with E-state index >= 15 is 0 Å². The van der Waals surface area contributed by atoms with Crippen LogP contribution in [0.4, 0.5) is 0 Å². The molecule has 0 unspecified atom stereocenters.